The Balaban J connectivity index is 1.92. The van der Waals surface area contributed by atoms with Crippen LogP contribution in [0.1, 0.15) is 38.2 Å². The van der Waals surface area contributed by atoms with Crippen LogP contribution in [0.25, 0.3) is 0 Å². The van der Waals surface area contributed by atoms with E-state index in [2.05, 4.69) is 11.8 Å². The van der Waals surface area contributed by atoms with Gasteiger partial charge in [-0.25, -0.2) is 8.78 Å². The molecule has 3 nitrogen and oxygen atoms in total. The molecular formula is C16H20F2N2O. The molecule has 1 aliphatic rings. The van der Waals surface area contributed by atoms with E-state index in [0.717, 1.165) is 44.6 Å². The van der Waals surface area contributed by atoms with Crippen molar-refractivity contribution in [3.05, 3.63) is 29.3 Å². The van der Waals surface area contributed by atoms with Gasteiger partial charge in [0.1, 0.15) is 18.0 Å². The van der Waals surface area contributed by atoms with Crippen LogP contribution in [0.3, 0.4) is 0 Å². The molecule has 114 valence electrons. The first kappa shape index (κ1) is 15.7. The summed E-state index contributed by atoms with van der Waals surface area (Å²) in [7, 11) is 0. The van der Waals surface area contributed by atoms with Crippen molar-refractivity contribution in [1.29, 1.82) is 5.26 Å². The van der Waals surface area contributed by atoms with Crippen LogP contribution >= 0.6 is 0 Å². The van der Waals surface area contributed by atoms with E-state index >= 15 is 0 Å². The lowest BCUT2D eigenvalue weighted by molar-refractivity contribution is 0.0961. The molecule has 0 bridgehead atoms. The molecule has 1 saturated heterocycles. The maximum absolute atomic E-state index is 13.8. The smallest absolute Gasteiger partial charge is 0.166 e. The zero-order valence-corrected chi connectivity index (χ0v) is 12.2. The van der Waals surface area contributed by atoms with Crippen LogP contribution in [0.4, 0.5) is 8.78 Å². The van der Waals surface area contributed by atoms with Crippen LogP contribution in [-0.4, -0.2) is 30.6 Å². The Kier molecular flexibility index (Phi) is 5.51. The molecule has 0 spiro atoms. The molecule has 0 aliphatic carbocycles. The van der Waals surface area contributed by atoms with Crippen molar-refractivity contribution in [2.24, 2.45) is 0 Å². The quantitative estimate of drug-likeness (QED) is 0.834. The number of ether oxygens (including phenoxy) is 1. The van der Waals surface area contributed by atoms with Gasteiger partial charge in [0, 0.05) is 19.2 Å². The van der Waals surface area contributed by atoms with Gasteiger partial charge < -0.3 is 9.64 Å². The average molecular weight is 294 g/mol. The van der Waals surface area contributed by atoms with Crippen LogP contribution in [0, 0.1) is 23.0 Å². The predicted octanol–water partition coefficient (Wildman–Crippen LogP) is 3.48. The largest absolute Gasteiger partial charge is 0.487 e. The van der Waals surface area contributed by atoms with Crippen LogP contribution in [0.5, 0.6) is 5.75 Å². The molecular weight excluding hydrogens is 274 g/mol. The Morgan fingerprint density at radius 3 is 2.62 bits per heavy atom. The van der Waals surface area contributed by atoms with Crippen LogP contribution < -0.4 is 4.74 Å². The van der Waals surface area contributed by atoms with Crippen LogP contribution in [0.15, 0.2) is 12.1 Å². The van der Waals surface area contributed by atoms with Crippen molar-refractivity contribution in [2.75, 3.05) is 19.6 Å². The minimum Gasteiger partial charge on any atom is -0.487 e. The molecule has 0 aromatic heterocycles. The van der Waals surface area contributed by atoms with E-state index in [0.29, 0.717) is 0 Å². The number of piperidine rings is 1. The highest BCUT2D eigenvalue weighted by atomic mass is 19.1. The van der Waals surface area contributed by atoms with E-state index in [9.17, 15) is 8.78 Å². The normalized spacial score (nSPS) is 16.7. The third kappa shape index (κ3) is 4.15. The maximum atomic E-state index is 13.8. The van der Waals surface area contributed by atoms with Crippen LogP contribution in [0.2, 0.25) is 0 Å². The summed E-state index contributed by atoms with van der Waals surface area (Å²) in [5.41, 5.74) is -0.297. The molecule has 2 rings (SSSR count). The van der Waals surface area contributed by atoms with Gasteiger partial charge in [-0.2, -0.15) is 5.26 Å². The molecule has 21 heavy (non-hydrogen) atoms. The monoisotopic (exact) mass is 294 g/mol. The Morgan fingerprint density at radius 1 is 1.29 bits per heavy atom. The van der Waals surface area contributed by atoms with Gasteiger partial charge in [-0.05, 0) is 31.9 Å². The number of nitriles is 1. The fourth-order valence-electron chi connectivity index (χ4n) is 2.52. The number of likely N-dealkylation sites (tertiary alicyclic amines) is 1. The molecule has 0 radical (unpaired) electrons. The fraction of sp³-hybridized carbons (Fsp3) is 0.562. The third-order valence-electron chi connectivity index (χ3n) is 3.80. The Labute approximate surface area is 124 Å². The second-order valence-electron chi connectivity index (χ2n) is 5.39. The maximum Gasteiger partial charge on any atom is 0.166 e. The summed E-state index contributed by atoms with van der Waals surface area (Å²) in [6.45, 7) is 5.09. The first-order valence-electron chi connectivity index (χ1n) is 7.42. The summed E-state index contributed by atoms with van der Waals surface area (Å²) >= 11 is 0. The lowest BCUT2D eigenvalue weighted by Gasteiger charge is -2.32. The molecule has 1 fully saturated rings. The zero-order chi connectivity index (χ0) is 15.2. The topological polar surface area (TPSA) is 36.3 Å². The number of hydrogen-bond donors (Lipinski definition) is 0. The van der Waals surface area contributed by atoms with Gasteiger partial charge in [0.25, 0.3) is 0 Å². The molecule has 5 heteroatoms. The lowest BCUT2D eigenvalue weighted by atomic mass is 10.1. The molecule has 1 heterocycles. The van der Waals surface area contributed by atoms with Crippen molar-refractivity contribution in [3.8, 4) is 11.8 Å². The Hall–Kier alpha value is -1.67. The van der Waals surface area contributed by atoms with E-state index in [4.69, 9.17) is 10.00 Å². The molecule has 0 amide bonds. The average Bonchev–Trinajstić information content (AvgIpc) is 2.50. The minimum atomic E-state index is -0.741. The third-order valence-corrected chi connectivity index (χ3v) is 3.80. The Morgan fingerprint density at radius 2 is 2.00 bits per heavy atom. The van der Waals surface area contributed by atoms with Gasteiger partial charge in [0.05, 0.1) is 5.56 Å². The molecule has 0 atom stereocenters. The lowest BCUT2D eigenvalue weighted by Crippen LogP contribution is -2.38. The predicted molar refractivity (Wildman–Crippen MR) is 76.1 cm³/mol. The summed E-state index contributed by atoms with van der Waals surface area (Å²) in [5.74, 6) is -1.52. The summed E-state index contributed by atoms with van der Waals surface area (Å²) in [6.07, 6.45) is 3.88. The first-order chi connectivity index (χ1) is 10.1. The van der Waals surface area contributed by atoms with Crippen molar-refractivity contribution in [2.45, 2.75) is 38.7 Å². The van der Waals surface area contributed by atoms with E-state index in [-0.39, 0.29) is 17.4 Å². The van der Waals surface area contributed by atoms with Crippen molar-refractivity contribution in [1.82, 2.24) is 4.90 Å². The van der Waals surface area contributed by atoms with Gasteiger partial charge >= 0.3 is 0 Å². The van der Waals surface area contributed by atoms with Crippen molar-refractivity contribution >= 4 is 0 Å². The highest BCUT2D eigenvalue weighted by Crippen LogP contribution is 2.25. The molecule has 1 aromatic carbocycles. The van der Waals surface area contributed by atoms with Gasteiger partial charge in [0.2, 0.25) is 0 Å². The van der Waals surface area contributed by atoms with Gasteiger partial charge in [-0.15, -0.1) is 0 Å². The van der Waals surface area contributed by atoms with E-state index in [1.165, 1.54) is 12.8 Å². The number of unbranched alkanes of at least 4 members (excludes halogenated alkanes) is 1. The number of nitrogens with zero attached hydrogens (tertiary/aromatic N) is 2. The summed E-state index contributed by atoms with van der Waals surface area (Å²) in [6, 6.07) is 3.47. The molecule has 0 unspecified atom stereocenters. The van der Waals surface area contributed by atoms with Crippen LogP contribution in [-0.2, 0) is 0 Å². The molecule has 1 aromatic rings. The number of benzene rings is 1. The van der Waals surface area contributed by atoms with Gasteiger partial charge in [-0.3, -0.25) is 0 Å². The summed E-state index contributed by atoms with van der Waals surface area (Å²) in [5, 5.41) is 8.65. The highest BCUT2D eigenvalue weighted by Gasteiger charge is 2.22. The molecule has 0 N–H and O–H groups in total. The Bertz CT molecular complexity index is 520. The summed E-state index contributed by atoms with van der Waals surface area (Å²) < 4.78 is 32.8. The second kappa shape index (κ2) is 7.37. The molecule has 1 aliphatic heterocycles. The number of hydrogen-bond acceptors (Lipinski definition) is 3. The SMILES string of the molecule is CCCCN1CCC(Oc2cc(F)c(C#N)cc2F)CC1. The zero-order valence-electron chi connectivity index (χ0n) is 12.2. The number of rotatable bonds is 5. The molecule has 0 saturated carbocycles. The number of halogens is 2. The minimum absolute atomic E-state index is 0.0929. The van der Waals surface area contributed by atoms with Crippen molar-refractivity contribution in [3.63, 3.8) is 0 Å². The van der Waals surface area contributed by atoms with E-state index < -0.39 is 11.6 Å². The standard InChI is InChI=1S/C16H20F2N2O/c1-2-3-6-20-7-4-13(5-8-20)21-16-10-14(17)12(11-19)9-15(16)18/h9-10,13H,2-8H2,1H3. The van der Waals surface area contributed by atoms with Gasteiger partial charge in [-0.1, -0.05) is 13.3 Å². The summed E-state index contributed by atoms with van der Waals surface area (Å²) in [4.78, 5) is 2.37. The fourth-order valence-corrected chi connectivity index (χ4v) is 2.52. The van der Waals surface area contributed by atoms with Gasteiger partial charge in [0.15, 0.2) is 11.6 Å². The highest BCUT2D eigenvalue weighted by molar-refractivity contribution is 5.37. The first-order valence-corrected chi connectivity index (χ1v) is 7.42. The van der Waals surface area contributed by atoms with E-state index in [1.54, 1.807) is 6.07 Å². The van der Waals surface area contributed by atoms with E-state index in [1.807, 2.05) is 0 Å². The van der Waals surface area contributed by atoms with Crippen molar-refractivity contribution < 1.29 is 13.5 Å². The second-order valence-corrected chi connectivity index (χ2v) is 5.39.